The van der Waals surface area contributed by atoms with Crippen molar-refractivity contribution in [2.24, 2.45) is 0 Å². The van der Waals surface area contributed by atoms with Gasteiger partial charge in [0.2, 0.25) is 11.8 Å². The summed E-state index contributed by atoms with van der Waals surface area (Å²) in [4.78, 5) is 23.1. The highest BCUT2D eigenvalue weighted by Gasteiger charge is 2.04. The average Bonchev–Trinajstić information content (AvgIpc) is 2.61. The molecule has 2 rings (SSSR count). The van der Waals surface area contributed by atoms with E-state index in [0.29, 0.717) is 30.3 Å². The van der Waals surface area contributed by atoms with Crippen LogP contribution in [0.1, 0.15) is 6.92 Å². The Morgan fingerprint density at radius 2 is 1.65 bits per heavy atom. The van der Waals surface area contributed by atoms with E-state index < -0.39 is 0 Å². The summed E-state index contributed by atoms with van der Waals surface area (Å²) >= 11 is 0. The third kappa shape index (κ3) is 6.82. The maximum absolute atomic E-state index is 12.1. The minimum atomic E-state index is -0.178. The molecule has 26 heavy (non-hydrogen) atoms. The van der Waals surface area contributed by atoms with Gasteiger partial charge in [0.15, 0.2) is 0 Å². The third-order valence-electron chi connectivity index (χ3n) is 3.33. The lowest BCUT2D eigenvalue weighted by molar-refractivity contribution is -0.115. The van der Waals surface area contributed by atoms with Crippen LogP contribution in [0.4, 0.5) is 17.1 Å². The molecular weight excluding hydrogens is 334 g/mol. The SMILES string of the molecule is COCCOc1ccc(NC(=O)CNc2cccc(NC(C)=O)c2)cc1. The second-order valence-corrected chi connectivity index (χ2v) is 5.53. The summed E-state index contributed by atoms with van der Waals surface area (Å²) in [7, 11) is 1.62. The quantitative estimate of drug-likeness (QED) is 0.601. The van der Waals surface area contributed by atoms with Crippen molar-refractivity contribution in [3.8, 4) is 5.75 Å². The molecule has 0 aliphatic carbocycles. The zero-order chi connectivity index (χ0) is 18.8. The molecular formula is C19H23N3O4. The van der Waals surface area contributed by atoms with Crippen LogP contribution < -0.4 is 20.7 Å². The molecule has 0 heterocycles. The van der Waals surface area contributed by atoms with Gasteiger partial charge in [-0.05, 0) is 42.5 Å². The molecule has 0 unspecified atom stereocenters. The molecule has 7 heteroatoms. The number of amides is 2. The van der Waals surface area contributed by atoms with Gasteiger partial charge in [-0.15, -0.1) is 0 Å². The van der Waals surface area contributed by atoms with Crippen LogP contribution in [0.3, 0.4) is 0 Å². The van der Waals surface area contributed by atoms with Gasteiger partial charge in [-0.25, -0.2) is 0 Å². The van der Waals surface area contributed by atoms with Crippen LogP contribution in [0.5, 0.6) is 5.75 Å². The van der Waals surface area contributed by atoms with Gasteiger partial charge in [-0.3, -0.25) is 9.59 Å². The maximum atomic E-state index is 12.1. The van der Waals surface area contributed by atoms with Crippen molar-refractivity contribution in [1.29, 1.82) is 0 Å². The highest BCUT2D eigenvalue weighted by Crippen LogP contribution is 2.16. The van der Waals surface area contributed by atoms with Gasteiger partial charge in [-0.1, -0.05) is 6.07 Å². The molecule has 0 aliphatic rings. The molecule has 0 radical (unpaired) electrons. The molecule has 138 valence electrons. The molecule has 3 N–H and O–H groups in total. The number of anilines is 3. The number of rotatable bonds is 9. The highest BCUT2D eigenvalue weighted by molar-refractivity contribution is 5.94. The third-order valence-corrected chi connectivity index (χ3v) is 3.33. The summed E-state index contributed by atoms with van der Waals surface area (Å²) in [5.74, 6) is 0.394. The Morgan fingerprint density at radius 3 is 2.35 bits per heavy atom. The Hall–Kier alpha value is -3.06. The molecule has 0 bridgehead atoms. The van der Waals surface area contributed by atoms with E-state index in [1.54, 1.807) is 49.6 Å². The van der Waals surface area contributed by atoms with E-state index in [-0.39, 0.29) is 18.4 Å². The fourth-order valence-electron chi connectivity index (χ4n) is 2.18. The summed E-state index contributed by atoms with van der Waals surface area (Å²) in [5, 5.41) is 8.52. The number of ether oxygens (including phenoxy) is 2. The Kier molecular flexibility index (Phi) is 7.45. The number of benzene rings is 2. The minimum absolute atomic E-state index is 0.107. The first-order chi connectivity index (χ1) is 12.6. The number of hydrogen-bond acceptors (Lipinski definition) is 5. The number of methoxy groups -OCH3 is 1. The Balaban J connectivity index is 1.80. The molecule has 2 aromatic carbocycles. The lowest BCUT2D eigenvalue weighted by Gasteiger charge is -2.10. The fraction of sp³-hybridized carbons (Fsp3) is 0.263. The molecule has 0 atom stereocenters. The van der Waals surface area contributed by atoms with Crippen molar-refractivity contribution in [1.82, 2.24) is 0 Å². The average molecular weight is 357 g/mol. The van der Waals surface area contributed by atoms with E-state index in [0.717, 1.165) is 5.69 Å². The predicted octanol–water partition coefficient (Wildman–Crippen LogP) is 2.72. The van der Waals surface area contributed by atoms with Crippen molar-refractivity contribution in [3.63, 3.8) is 0 Å². The van der Waals surface area contributed by atoms with Gasteiger partial charge >= 0.3 is 0 Å². The van der Waals surface area contributed by atoms with Crippen molar-refractivity contribution < 1.29 is 19.1 Å². The van der Waals surface area contributed by atoms with E-state index in [9.17, 15) is 9.59 Å². The molecule has 7 nitrogen and oxygen atoms in total. The standard InChI is InChI=1S/C19H23N3O4/c1-14(23)21-17-5-3-4-16(12-17)20-13-19(24)22-15-6-8-18(9-7-15)26-11-10-25-2/h3-9,12,20H,10-11,13H2,1-2H3,(H,21,23)(H,22,24). The predicted molar refractivity (Wildman–Crippen MR) is 102 cm³/mol. The van der Waals surface area contributed by atoms with Gasteiger partial charge in [0.05, 0.1) is 13.2 Å². The summed E-state index contributed by atoms with van der Waals surface area (Å²) in [6.07, 6.45) is 0. The Labute approximate surface area is 152 Å². The highest BCUT2D eigenvalue weighted by atomic mass is 16.5. The first-order valence-corrected chi connectivity index (χ1v) is 8.20. The van der Waals surface area contributed by atoms with Gasteiger partial charge < -0.3 is 25.4 Å². The fourth-order valence-corrected chi connectivity index (χ4v) is 2.18. The van der Waals surface area contributed by atoms with Crippen LogP contribution in [-0.2, 0) is 14.3 Å². The van der Waals surface area contributed by atoms with Gasteiger partial charge in [-0.2, -0.15) is 0 Å². The van der Waals surface area contributed by atoms with Gasteiger partial charge in [0, 0.05) is 31.1 Å². The molecule has 0 spiro atoms. The number of carbonyl (C=O) groups excluding carboxylic acids is 2. The molecule has 0 fully saturated rings. The van der Waals surface area contributed by atoms with Crippen molar-refractivity contribution in [2.45, 2.75) is 6.92 Å². The van der Waals surface area contributed by atoms with E-state index in [4.69, 9.17) is 9.47 Å². The van der Waals surface area contributed by atoms with Gasteiger partial charge in [0.25, 0.3) is 0 Å². The summed E-state index contributed by atoms with van der Waals surface area (Å²) in [6, 6.07) is 14.3. The Morgan fingerprint density at radius 1 is 0.923 bits per heavy atom. The smallest absolute Gasteiger partial charge is 0.243 e. The number of carbonyl (C=O) groups is 2. The summed E-state index contributed by atoms with van der Waals surface area (Å²) < 4.78 is 10.4. The summed E-state index contributed by atoms with van der Waals surface area (Å²) in [6.45, 7) is 2.55. The topological polar surface area (TPSA) is 88.7 Å². The lowest BCUT2D eigenvalue weighted by atomic mass is 10.2. The van der Waals surface area contributed by atoms with Crippen molar-refractivity contribution in [3.05, 3.63) is 48.5 Å². The minimum Gasteiger partial charge on any atom is -0.491 e. The first-order valence-electron chi connectivity index (χ1n) is 8.20. The maximum Gasteiger partial charge on any atom is 0.243 e. The largest absolute Gasteiger partial charge is 0.491 e. The molecule has 0 saturated carbocycles. The second kappa shape index (κ2) is 10.0. The van der Waals surface area contributed by atoms with Crippen LogP contribution in [-0.4, -0.2) is 38.7 Å². The van der Waals surface area contributed by atoms with Crippen LogP contribution in [0.2, 0.25) is 0 Å². The van der Waals surface area contributed by atoms with E-state index >= 15 is 0 Å². The monoisotopic (exact) mass is 357 g/mol. The molecule has 2 aromatic rings. The zero-order valence-corrected chi connectivity index (χ0v) is 14.9. The van der Waals surface area contributed by atoms with Crippen LogP contribution in [0, 0.1) is 0 Å². The first kappa shape index (κ1) is 19.3. The molecule has 0 aromatic heterocycles. The van der Waals surface area contributed by atoms with E-state index in [1.807, 2.05) is 6.07 Å². The second-order valence-electron chi connectivity index (χ2n) is 5.53. The Bertz CT molecular complexity index is 732. The van der Waals surface area contributed by atoms with Gasteiger partial charge in [0.1, 0.15) is 12.4 Å². The summed E-state index contributed by atoms with van der Waals surface area (Å²) in [5.41, 5.74) is 2.10. The normalized spacial score (nSPS) is 10.1. The lowest BCUT2D eigenvalue weighted by Crippen LogP contribution is -2.21. The van der Waals surface area contributed by atoms with Crippen LogP contribution in [0.25, 0.3) is 0 Å². The number of nitrogens with one attached hydrogen (secondary N) is 3. The van der Waals surface area contributed by atoms with E-state index in [2.05, 4.69) is 16.0 Å². The molecule has 0 saturated heterocycles. The zero-order valence-electron chi connectivity index (χ0n) is 14.9. The number of hydrogen-bond donors (Lipinski definition) is 3. The molecule has 0 aliphatic heterocycles. The molecule has 2 amide bonds. The van der Waals surface area contributed by atoms with Crippen LogP contribution in [0.15, 0.2) is 48.5 Å². The van der Waals surface area contributed by atoms with E-state index in [1.165, 1.54) is 6.92 Å². The van der Waals surface area contributed by atoms with Crippen molar-refractivity contribution in [2.75, 3.05) is 42.8 Å². The van der Waals surface area contributed by atoms with Crippen molar-refractivity contribution >= 4 is 28.9 Å². The van der Waals surface area contributed by atoms with Crippen LogP contribution >= 0.6 is 0 Å².